The molecule has 0 saturated heterocycles. The molecule has 0 aliphatic heterocycles. The molecule has 1 atom stereocenters. The highest BCUT2D eigenvalue weighted by Crippen LogP contribution is 2.25. The predicted molar refractivity (Wildman–Crippen MR) is 69.1 cm³/mol. The van der Waals surface area contributed by atoms with Crippen LogP contribution in [0, 0.1) is 6.92 Å². The van der Waals surface area contributed by atoms with Crippen molar-refractivity contribution in [3.8, 4) is 0 Å². The Bertz CT molecular complexity index is 458. The summed E-state index contributed by atoms with van der Waals surface area (Å²) in [4.78, 5) is 10.9. The van der Waals surface area contributed by atoms with Crippen LogP contribution in [0.3, 0.4) is 0 Å². The van der Waals surface area contributed by atoms with E-state index in [0.29, 0.717) is 17.3 Å². The lowest BCUT2D eigenvalue weighted by molar-refractivity contribution is 0.0695. The van der Waals surface area contributed by atoms with Crippen molar-refractivity contribution in [3.63, 3.8) is 0 Å². The molecular formula is C13H18O4S. The molecule has 100 valence electrons. The molecule has 1 heterocycles. The first-order valence-corrected chi connectivity index (χ1v) is 7.66. The van der Waals surface area contributed by atoms with Crippen LogP contribution in [0.2, 0.25) is 0 Å². The fraction of sp³-hybridized carbons (Fsp3) is 0.615. The summed E-state index contributed by atoms with van der Waals surface area (Å²) >= 11 is 0. The Hall–Kier alpha value is -1.10. The Kier molecular flexibility index (Phi) is 4.22. The molecule has 1 aromatic rings. The van der Waals surface area contributed by atoms with Crippen molar-refractivity contribution in [2.45, 2.75) is 50.0 Å². The van der Waals surface area contributed by atoms with Gasteiger partial charge < -0.3 is 9.52 Å². The number of carboxylic acid groups (broad SMARTS) is 1. The Morgan fingerprint density at radius 2 is 2.11 bits per heavy atom. The number of furan rings is 1. The summed E-state index contributed by atoms with van der Waals surface area (Å²) in [6, 6.07) is 1.50. The number of aryl methyl sites for hydroxylation is 1. The second-order valence-electron chi connectivity index (χ2n) is 4.77. The van der Waals surface area contributed by atoms with Crippen LogP contribution in [0.15, 0.2) is 10.5 Å². The maximum absolute atomic E-state index is 12.2. The molecule has 4 nitrogen and oxygen atoms in total. The zero-order valence-electron chi connectivity index (χ0n) is 10.5. The summed E-state index contributed by atoms with van der Waals surface area (Å²) in [5, 5.41) is 9.17. The summed E-state index contributed by atoms with van der Waals surface area (Å²) < 4.78 is 17.5. The topological polar surface area (TPSA) is 67.5 Å². The predicted octanol–water partition coefficient (Wildman–Crippen LogP) is 2.87. The number of hydrogen-bond donors (Lipinski definition) is 1. The van der Waals surface area contributed by atoms with Crippen LogP contribution in [0.5, 0.6) is 0 Å². The maximum Gasteiger partial charge on any atom is 0.339 e. The van der Waals surface area contributed by atoms with Crippen LogP contribution < -0.4 is 0 Å². The van der Waals surface area contributed by atoms with Gasteiger partial charge in [0.15, 0.2) is 0 Å². The Morgan fingerprint density at radius 1 is 1.44 bits per heavy atom. The lowest BCUT2D eigenvalue weighted by Gasteiger charge is -2.20. The normalized spacial score (nSPS) is 18.7. The SMILES string of the molecule is Cc1oc(CS(=O)C2CCCCC2)cc1C(=O)O. The average Bonchev–Trinajstić information content (AvgIpc) is 2.71. The van der Waals surface area contributed by atoms with Crippen molar-refractivity contribution >= 4 is 16.8 Å². The molecule has 0 aromatic carbocycles. The molecule has 1 fully saturated rings. The van der Waals surface area contributed by atoms with Crippen molar-refractivity contribution in [1.82, 2.24) is 0 Å². The highest BCUT2D eigenvalue weighted by Gasteiger charge is 2.22. The van der Waals surface area contributed by atoms with E-state index in [-0.39, 0.29) is 10.8 Å². The molecule has 1 aromatic heterocycles. The summed E-state index contributed by atoms with van der Waals surface area (Å²) in [6.07, 6.45) is 5.55. The van der Waals surface area contributed by atoms with Gasteiger partial charge in [0.25, 0.3) is 0 Å². The molecule has 1 aliphatic rings. The first kappa shape index (κ1) is 13.3. The molecule has 1 saturated carbocycles. The van der Waals surface area contributed by atoms with Gasteiger partial charge >= 0.3 is 5.97 Å². The number of rotatable bonds is 4. The summed E-state index contributed by atoms with van der Waals surface area (Å²) in [7, 11) is -0.952. The van der Waals surface area contributed by atoms with Crippen LogP contribution >= 0.6 is 0 Å². The van der Waals surface area contributed by atoms with E-state index in [1.165, 1.54) is 12.5 Å². The standard InChI is InChI=1S/C13H18O4S/c1-9-12(13(14)15)7-10(17-9)8-18(16)11-5-3-2-4-6-11/h7,11H,2-6,8H2,1H3,(H,14,15). The fourth-order valence-corrected chi connectivity index (χ4v) is 3.93. The molecular weight excluding hydrogens is 252 g/mol. The molecule has 1 unspecified atom stereocenters. The van der Waals surface area contributed by atoms with Gasteiger partial charge in [-0.1, -0.05) is 19.3 Å². The number of aromatic carboxylic acids is 1. The van der Waals surface area contributed by atoms with Crippen molar-refractivity contribution in [1.29, 1.82) is 0 Å². The molecule has 0 amide bonds. The van der Waals surface area contributed by atoms with E-state index >= 15 is 0 Å². The highest BCUT2D eigenvalue weighted by molar-refractivity contribution is 7.84. The van der Waals surface area contributed by atoms with Gasteiger partial charge in [-0.05, 0) is 25.8 Å². The zero-order chi connectivity index (χ0) is 13.1. The molecule has 0 spiro atoms. The van der Waals surface area contributed by atoms with E-state index in [2.05, 4.69) is 0 Å². The van der Waals surface area contributed by atoms with Crippen LogP contribution in [-0.4, -0.2) is 20.5 Å². The first-order valence-electron chi connectivity index (χ1n) is 6.27. The minimum atomic E-state index is -0.994. The Balaban J connectivity index is 2.02. The molecule has 1 aliphatic carbocycles. The van der Waals surface area contributed by atoms with Crippen molar-refractivity contribution in [3.05, 3.63) is 23.2 Å². The van der Waals surface area contributed by atoms with E-state index in [9.17, 15) is 9.00 Å². The quantitative estimate of drug-likeness (QED) is 0.913. The smallest absolute Gasteiger partial charge is 0.339 e. The number of carboxylic acids is 1. The largest absolute Gasteiger partial charge is 0.478 e. The van der Waals surface area contributed by atoms with E-state index in [1.54, 1.807) is 6.92 Å². The van der Waals surface area contributed by atoms with Gasteiger partial charge in [-0.25, -0.2) is 4.79 Å². The molecule has 5 heteroatoms. The van der Waals surface area contributed by atoms with Gasteiger partial charge in [0.05, 0.1) is 5.75 Å². The van der Waals surface area contributed by atoms with E-state index in [1.807, 2.05) is 0 Å². The summed E-state index contributed by atoms with van der Waals surface area (Å²) in [5.74, 6) is 0.247. The lowest BCUT2D eigenvalue weighted by atomic mass is 10.0. The minimum Gasteiger partial charge on any atom is -0.478 e. The maximum atomic E-state index is 12.2. The Labute approximate surface area is 109 Å². The van der Waals surface area contributed by atoms with Crippen molar-refractivity contribution in [2.24, 2.45) is 0 Å². The third-order valence-corrected chi connectivity index (χ3v) is 5.19. The molecule has 0 bridgehead atoms. The van der Waals surface area contributed by atoms with Crippen molar-refractivity contribution in [2.75, 3.05) is 0 Å². The second-order valence-corrected chi connectivity index (χ2v) is 6.49. The highest BCUT2D eigenvalue weighted by atomic mass is 32.2. The minimum absolute atomic E-state index is 0.172. The van der Waals surface area contributed by atoms with E-state index in [0.717, 1.165) is 25.7 Å². The lowest BCUT2D eigenvalue weighted by Crippen LogP contribution is -2.19. The molecule has 18 heavy (non-hydrogen) atoms. The van der Waals surface area contributed by atoms with Crippen LogP contribution in [0.25, 0.3) is 0 Å². The van der Waals surface area contributed by atoms with Gasteiger partial charge in [0, 0.05) is 16.0 Å². The van der Waals surface area contributed by atoms with Gasteiger partial charge in [0.1, 0.15) is 17.1 Å². The van der Waals surface area contributed by atoms with E-state index in [4.69, 9.17) is 9.52 Å². The van der Waals surface area contributed by atoms with Gasteiger partial charge in [0.2, 0.25) is 0 Å². The van der Waals surface area contributed by atoms with Crippen LogP contribution in [-0.2, 0) is 16.6 Å². The third kappa shape index (κ3) is 3.02. The molecule has 2 rings (SSSR count). The first-order chi connectivity index (χ1) is 8.58. The number of carbonyl (C=O) groups is 1. The van der Waals surface area contributed by atoms with Gasteiger partial charge in [-0.15, -0.1) is 0 Å². The van der Waals surface area contributed by atoms with E-state index < -0.39 is 16.8 Å². The third-order valence-electron chi connectivity index (χ3n) is 3.41. The van der Waals surface area contributed by atoms with Gasteiger partial charge in [-0.2, -0.15) is 0 Å². The van der Waals surface area contributed by atoms with Crippen LogP contribution in [0.1, 0.15) is 54.0 Å². The number of hydrogen-bond acceptors (Lipinski definition) is 3. The molecule has 0 radical (unpaired) electrons. The van der Waals surface area contributed by atoms with Gasteiger partial charge in [-0.3, -0.25) is 4.21 Å². The monoisotopic (exact) mass is 270 g/mol. The Morgan fingerprint density at radius 3 is 2.67 bits per heavy atom. The van der Waals surface area contributed by atoms with Crippen molar-refractivity contribution < 1.29 is 18.5 Å². The fourth-order valence-electron chi connectivity index (χ4n) is 2.41. The molecule has 1 N–H and O–H groups in total. The average molecular weight is 270 g/mol. The summed E-state index contributed by atoms with van der Waals surface area (Å²) in [6.45, 7) is 1.62. The second kappa shape index (κ2) is 5.69. The zero-order valence-corrected chi connectivity index (χ0v) is 11.3. The van der Waals surface area contributed by atoms with Crippen LogP contribution in [0.4, 0.5) is 0 Å². The summed E-state index contributed by atoms with van der Waals surface area (Å²) in [5.41, 5.74) is 0.172.